The van der Waals surface area contributed by atoms with Gasteiger partial charge in [-0.2, -0.15) is 0 Å². The van der Waals surface area contributed by atoms with Gasteiger partial charge in [-0.1, -0.05) is 11.2 Å². The molecule has 2 fully saturated rings. The molecule has 2 amide bonds. The molecule has 3 aliphatic carbocycles. The fourth-order valence-electron chi connectivity index (χ4n) is 4.29. The van der Waals surface area contributed by atoms with Crippen molar-refractivity contribution in [3.8, 4) is 0 Å². The summed E-state index contributed by atoms with van der Waals surface area (Å²) in [5.41, 5.74) is -0.815. The number of carbonyl (C=O) groups is 4. The number of ether oxygens (including phenoxy) is 1. The lowest BCUT2D eigenvalue weighted by Crippen LogP contribution is -2.67. The number of imide groups is 1. The first-order chi connectivity index (χ1) is 11.3. The number of hydrogen-bond donors (Lipinski definition) is 0. The van der Waals surface area contributed by atoms with Gasteiger partial charge in [0.1, 0.15) is 18.7 Å². The summed E-state index contributed by atoms with van der Waals surface area (Å²) in [6, 6.07) is 0. The molecule has 1 saturated heterocycles. The highest BCUT2D eigenvalue weighted by Crippen LogP contribution is 2.56. The molecule has 2 heterocycles. The summed E-state index contributed by atoms with van der Waals surface area (Å²) in [6.07, 6.45) is 2.97. The minimum Gasteiger partial charge on any atom is -0.442 e. The van der Waals surface area contributed by atoms with Gasteiger partial charge in [-0.3, -0.25) is 19.3 Å². The van der Waals surface area contributed by atoms with Crippen LogP contribution >= 0.6 is 0 Å². The predicted molar refractivity (Wildman–Crippen MR) is 78.4 cm³/mol. The first-order valence-electron chi connectivity index (χ1n) is 7.45. The number of carbonyl (C=O) groups excluding carboxylic acids is 4. The molecule has 4 atom stereocenters. The molecule has 1 saturated carbocycles. The predicted octanol–water partition coefficient (Wildman–Crippen LogP) is -0.399. The molecule has 8 nitrogen and oxygen atoms in total. The highest BCUT2D eigenvalue weighted by atomic mass is 16.6. The Morgan fingerprint density at radius 2 is 1.96 bits per heavy atom. The number of amides is 2. The lowest BCUT2D eigenvalue weighted by molar-refractivity contribution is -0.170. The Morgan fingerprint density at radius 3 is 2.62 bits per heavy atom. The van der Waals surface area contributed by atoms with E-state index in [4.69, 9.17) is 9.57 Å². The number of hydrogen-bond acceptors (Lipinski definition) is 7. The van der Waals surface area contributed by atoms with Crippen LogP contribution in [0.15, 0.2) is 28.5 Å². The first-order valence-corrected chi connectivity index (χ1v) is 7.45. The summed E-state index contributed by atoms with van der Waals surface area (Å²) in [5.74, 6) is -4.81. The highest BCUT2D eigenvalue weighted by Gasteiger charge is 2.73. The molecule has 24 heavy (non-hydrogen) atoms. The second-order valence-electron chi connectivity index (χ2n) is 6.32. The van der Waals surface area contributed by atoms with Gasteiger partial charge >= 0.3 is 5.97 Å². The fourth-order valence-corrected chi connectivity index (χ4v) is 4.29. The van der Waals surface area contributed by atoms with Crippen molar-refractivity contribution in [2.45, 2.75) is 12.5 Å². The van der Waals surface area contributed by atoms with Crippen molar-refractivity contribution >= 4 is 29.3 Å². The normalized spacial score (nSPS) is 38.7. The highest BCUT2D eigenvalue weighted by molar-refractivity contribution is 6.48. The Kier molecular flexibility index (Phi) is 2.71. The number of likely N-dealkylation sites (tertiary alicyclic amines) is 1. The van der Waals surface area contributed by atoms with E-state index in [0.717, 1.165) is 4.90 Å². The van der Waals surface area contributed by atoms with Crippen LogP contribution in [-0.2, 0) is 28.8 Å². The largest absolute Gasteiger partial charge is 0.442 e. The molecule has 0 radical (unpaired) electrons. The van der Waals surface area contributed by atoms with Crippen LogP contribution in [0, 0.1) is 17.8 Å². The summed E-state index contributed by atoms with van der Waals surface area (Å²) in [6.45, 7) is 1.68. The smallest absolute Gasteiger partial charge is 0.332 e. The van der Waals surface area contributed by atoms with Crippen LogP contribution in [0.4, 0.5) is 0 Å². The molecule has 5 aliphatic rings. The van der Waals surface area contributed by atoms with Crippen LogP contribution in [0.25, 0.3) is 0 Å². The number of ketones is 1. The number of allylic oxidation sites excluding steroid dienone is 1. The Hall–Kier alpha value is -2.77. The maximum Gasteiger partial charge on any atom is 0.332 e. The summed E-state index contributed by atoms with van der Waals surface area (Å²) in [7, 11) is 2.65. The van der Waals surface area contributed by atoms with Crippen molar-refractivity contribution in [1.29, 1.82) is 0 Å². The van der Waals surface area contributed by atoms with Gasteiger partial charge in [-0.15, -0.1) is 0 Å². The SMILES string of the molecule is CO/N=C1/C(=O)[C@@]23OC(=O)C=C(C)C2=C[C@@H]1[C@@H]1C(=O)N(C)C(=O)[C@@H]13. The number of esters is 1. The van der Waals surface area contributed by atoms with E-state index < -0.39 is 46.9 Å². The third-order valence-electron chi connectivity index (χ3n) is 5.24. The van der Waals surface area contributed by atoms with Gasteiger partial charge in [0.15, 0.2) is 0 Å². The van der Waals surface area contributed by atoms with Crippen molar-refractivity contribution in [3.63, 3.8) is 0 Å². The summed E-state index contributed by atoms with van der Waals surface area (Å²) >= 11 is 0. The van der Waals surface area contributed by atoms with Gasteiger partial charge in [0.2, 0.25) is 23.2 Å². The fraction of sp³-hybridized carbons (Fsp3) is 0.438. The third kappa shape index (κ3) is 1.41. The second-order valence-corrected chi connectivity index (χ2v) is 6.32. The van der Waals surface area contributed by atoms with E-state index >= 15 is 0 Å². The zero-order chi connectivity index (χ0) is 17.4. The maximum atomic E-state index is 13.1. The molecule has 0 aromatic rings. The molecule has 0 aromatic heterocycles. The number of oxime groups is 1. The van der Waals surface area contributed by atoms with Crippen LogP contribution in [0.3, 0.4) is 0 Å². The van der Waals surface area contributed by atoms with Gasteiger partial charge in [0, 0.05) is 24.6 Å². The molecule has 1 spiro atoms. The zero-order valence-electron chi connectivity index (χ0n) is 13.2. The first kappa shape index (κ1) is 14.8. The Morgan fingerprint density at radius 1 is 1.25 bits per heavy atom. The summed E-state index contributed by atoms with van der Waals surface area (Å²) in [4.78, 5) is 56.0. The Balaban J connectivity index is 2.05. The molecule has 0 N–H and O–H groups in total. The van der Waals surface area contributed by atoms with Crippen LogP contribution in [0.5, 0.6) is 0 Å². The van der Waals surface area contributed by atoms with Crippen molar-refractivity contribution in [1.82, 2.24) is 4.90 Å². The van der Waals surface area contributed by atoms with Crippen LogP contribution in [0.1, 0.15) is 6.92 Å². The molecule has 2 bridgehead atoms. The molecule has 124 valence electrons. The zero-order valence-corrected chi connectivity index (χ0v) is 13.2. The molecular weight excluding hydrogens is 316 g/mol. The number of fused-ring (bicyclic) bond motifs is 1. The summed E-state index contributed by atoms with van der Waals surface area (Å²) in [5, 5.41) is 3.76. The van der Waals surface area contributed by atoms with Gasteiger partial charge in [-0.05, 0) is 12.5 Å². The van der Waals surface area contributed by atoms with E-state index in [1.807, 2.05) is 0 Å². The van der Waals surface area contributed by atoms with E-state index in [9.17, 15) is 19.2 Å². The van der Waals surface area contributed by atoms with Crippen molar-refractivity contribution < 1.29 is 28.8 Å². The number of rotatable bonds is 1. The summed E-state index contributed by atoms with van der Waals surface area (Å²) < 4.78 is 5.44. The molecular formula is C16H14N2O6. The quantitative estimate of drug-likeness (QED) is 0.368. The second kappa shape index (κ2) is 4.40. The van der Waals surface area contributed by atoms with Crippen molar-refractivity contribution in [2.75, 3.05) is 14.2 Å². The lowest BCUT2D eigenvalue weighted by atomic mass is 9.54. The topological polar surface area (TPSA) is 102 Å². The van der Waals surface area contributed by atoms with E-state index in [2.05, 4.69) is 5.16 Å². The number of Topliss-reactive ketones (excluding diaryl/α,β-unsaturated/α-hetero) is 1. The average molecular weight is 330 g/mol. The average Bonchev–Trinajstić information content (AvgIpc) is 2.76. The van der Waals surface area contributed by atoms with Crippen LogP contribution in [-0.4, -0.2) is 53.9 Å². The molecule has 0 unspecified atom stereocenters. The lowest BCUT2D eigenvalue weighted by Gasteiger charge is -2.50. The molecule has 8 heteroatoms. The van der Waals surface area contributed by atoms with E-state index in [1.54, 1.807) is 13.0 Å². The maximum absolute atomic E-state index is 13.1. The molecule has 0 aromatic carbocycles. The van der Waals surface area contributed by atoms with Gasteiger partial charge in [0.05, 0.1) is 5.92 Å². The van der Waals surface area contributed by atoms with Gasteiger partial charge < -0.3 is 9.57 Å². The standard InChI is InChI=1S/C16H14N2O6/c1-6-4-9(19)24-16-8(6)5-7(12(13(16)20)17-23-3)10-11(16)15(22)18(2)14(10)21/h4-5,7,10-11H,1-3H3/b17-12+/t7-,10+,11-,16-/m1/s1. The molecule has 2 aliphatic heterocycles. The van der Waals surface area contributed by atoms with Gasteiger partial charge in [0.25, 0.3) is 0 Å². The Bertz CT molecular complexity index is 822. The van der Waals surface area contributed by atoms with Crippen LogP contribution in [0.2, 0.25) is 0 Å². The van der Waals surface area contributed by atoms with Crippen molar-refractivity contribution in [2.24, 2.45) is 22.9 Å². The van der Waals surface area contributed by atoms with E-state index in [1.165, 1.54) is 20.2 Å². The van der Waals surface area contributed by atoms with Gasteiger partial charge in [-0.25, -0.2) is 4.79 Å². The minimum absolute atomic E-state index is 0.00134. The van der Waals surface area contributed by atoms with E-state index in [0.29, 0.717) is 11.1 Å². The van der Waals surface area contributed by atoms with Crippen LogP contribution < -0.4 is 0 Å². The van der Waals surface area contributed by atoms with E-state index in [-0.39, 0.29) is 5.71 Å². The van der Waals surface area contributed by atoms with Crippen molar-refractivity contribution in [3.05, 3.63) is 23.3 Å². The Labute approximate surface area is 136 Å². The third-order valence-corrected chi connectivity index (χ3v) is 5.24. The minimum atomic E-state index is -1.83. The number of nitrogens with zero attached hydrogens (tertiary/aromatic N) is 2. The molecule has 5 rings (SSSR count). The monoisotopic (exact) mass is 330 g/mol.